The van der Waals surface area contributed by atoms with Crippen molar-refractivity contribution in [3.05, 3.63) is 70.1 Å². The minimum atomic E-state index is -3.66. The van der Waals surface area contributed by atoms with E-state index >= 15 is 0 Å². The Morgan fingerprint density at radius 3 is 2.80 bits per heavy atom. The molecule has 1 unspecified atom stereocenters. The maximum atomic E-state index is 12.9. The second-order valence-electron chi connectivity index (χ2n) is 6.24. The number of aromatic amines is 1. The maximum absolute atomic E-state index is 12.9. The average molecular weight is 355 g/mol. The van der Waals surface area contributed by atoms with Crippen molar-refractivity contribution in [2.24, 2.45) is 0 Å². The average Bonchev–Trinajstić information content (AvgIpc) is 2.60. The summed E-state index contributed by atoms with van der Waals surface area (Å²) in [6, 6.07) is 13.9. The summed E-state index contributed by atoms with van der Waals surface area (Å²) in [6.07, 6.45) is 1.75. The van der Waals surface area contributed by atoms with Crippen LogP contribution in [0.3, 0.4) is 0 Å². The number of sulfonamides is 1. The molecule has 0 radical (unpaired) electrons. The summed E-state index contributed by atoms with van der Waals surface area (Å²) in [5.74, 6) is 0. The number of fused-ring (bicyclic) bond motifs is 2. The highest BCUT2D eigenvalue weighted by Crippen LogP contribution is 2.24. The molecule has 1 aliphatic rings. The first-order valence-electron chi connectivity index (χ1n) is 8.10. The maximum Gasteiger partial charge on any atom is 0.264 e. The van der Waals surface area contributed by atoms with E-state index in [1.165, 1.54) is 6.07 Å². The fraction of sp³-hybridized carbons (Fsp3) is 0.222. The Hall–Kier alpha value is -2.51. The molecule has 0 aliphatic heterocycles. The van der Waals surface area contributed by atoms with E-state index < -0.39 is 10.0 Å². The Balaban J connectivity index is 1.65. The summed E-state index contributed by atoms with van der Waals surface area (Å²) in [7, 11) is -3.66. The molecule has 1 atom stereocenters. The third-order valence-corrected chi connectivity index (χ3v) is 6.11. The molecule has 1 aliphatic carbocycles. The van der Waals surface area contributed by atoms with Gasteiger partial charge < -0.3 is 0 Å². The molecule has 7 heteroatoms. The first-order valence-corrected chi connectivity index (χ1v) is 9.59. The quantitative estimate of drug-likeness (QED) is 0.749. The standard InChI is InChI=1S/C18H17N3O3S/c22-18-11-13-10-14(8-9-16(13)19-20-18)21-25(23,24)17-7-3-5-12-4-1-2-6-15(12)17/h1-7,11,14,21H,8-10H2,(H,20,22). The number of hydrogen-bond donors (Lipinski definition) is 2. The van der Waals surface area contributed by atoms with Crippen molar-refractivity contribution < 1.29 is 8.42 Å². The first kappa shape index (κ1) is 16.0. The molecule has 2 N–H and O–H groups in total. The van der Waals surface area contributed by atoms with Crippen molar-refractivity contribution in [3.8, 4) is 0 Å². The van der Waals surface area contributed by atoms with E-state index in [0.717, 1.165) is 16.6 Å². The number of nitrogens with zero attached hydrogens (tertiary/aromatic N) is 1. The Morgan fingerprint density at radius 2 is 1.92 bits per heavy atom. The van der Waals surface area contributed by atoms with Gasteiger partial charge in [0.05, 0.1) is 10.6 Å². The van der Waals surface area contributed by atoms with Crippen molar-refractivity contribution >= 4 is 20.8 Å². The van der Waals surface area contributed by atoms with Crippen LogP contribution in [0.15, 0.2) is 58.2 Å². The number of H-pyrrole nitrogens is 1. The van der Waals surface area contributed by atoms with Gasteiger partial charge in [-0.15, -0.1) is 0 Å². The zero-order chi connectivity index (χ0) is 17.4. The molecule has 0 fully saturated rings. The van der Waals surface area contributed by atoms with E-state index in [0.29, 0.717) is 24.6 Å². The van der Waals surface area contributed by atoms with E-state index in [1.54, 1.807) is 12.1 Å². The SMILES string of the molecule is O=c1cc2c(n[nH]1)CCC(NS(=O)(=O)c1cccc3ccccc13)C2. The Bertz CT molecular complexity index is 1100. The molecule has 1 aromatic heterocycles. The zero-order valence-electron chi connectivity index (χ0n) is 13.4. The van der Waals surface area contributed by atoms with Crippen molar-refractivity contribution in [2.45, 2.75) is 30.2 Å². The molecular weight excluding hydrogens is 338 g/mol. The second-order valence-corrected chi connectivity index (χ2v) is 7.92. The van der Waals surface area contributed by atoms with Gasteiger partial charge in [0.1, 0.15) is 0 Å². The summed E-state index contributed by atoms with van der Waals surface area (Å²) in [4.78, 5) is 11.7. The Kier molecular flexibility index (Phi) is 3.89. The van der Waals surface area contributed by atoms with E-state index in [1.807, 2.05) is 30.3 Å². The number of aryl methyl sites for hydroxylation is 1. The molecule has 0 spiro atoms. The Morgan fingerprint density at radius 1 is 1.12 bits per heavy atom. The van der Waals surface area contributed by atoms with Gasteiger partial charge >= 0.3 is 0 Å². The lowest BCUT2D eigenvalue weighted by atomic mass is 9.93. The lowest BCUT2D eigenvalue weighted by Gasteiger charge is -2.24. The van der Waals surface area contributed by atoms with Gasteiger partial charge in [0, 0.05) is 17.5 Å². The fourth-order valence-electron chi connectivity index (χ4n) is 3.35. The van der Waals surface area contributed by atoms with E-state index in [9.17, 15) is 13.2 Å². The van der Waals surface area contributed by atoms with Crippen molar-refractivity contribution in [1.82, 2.24) is 14.9 Å². The highest BCUT2D eigenvalue weighted by Gasteiger charge is 2.26. The molecule has 0 saturated carbocycles. The molecule has 1 heterocycles. The van der Waals surface area contributed by atoms with Crippen LogP contribution in [0.2, 0.25) is 0 Å². The van der Waals surface area contributed by atoms with Crippen molar-refractivity contribution in [1.29, 1.82) is 0 Å². The van der Waals surface area contributed by atoms with Crippen LogP contribution in [0.4, 0.5) is 0 Å². The van der Waals surface area contributed by atoms with Gasteiger partial charge in [-0.2, -0.15) is 5.10 Å². The second kappa shape index (κ2) is 6.09. The number of hydrogen-bond acceptors (Lipinski definition) is 4. The molecule has 0 amide bonds. The van der Waals surface area contributed by atoms with Crippen LogP contribution in [0, 0.1) is 0 Å². The zero-order valence-corrected chi connectivity index (χ0v) is 14.2. The van der Waals surface area contributed by atoms with Gasteiger partial charge in [-0.05, 0) is 36.3 Å². The number of rotatable bonds is 3. The van der Waals surface area contributed by atoms with E-state index in [2.05, 4.69) is 14.9 Å². The predicted octanol–water partition coefficient (Wildman–Crippen LogP) is 1.76. The molecular formula is C18H17N3O3S. The van der Waals surface area contributed by atoms with Crippen LogP contribution >= 0.6 is 0 Å². The molecule has 2 aromatic carbocycles. The van der Waals surface area contributed by atoms with Crippen LogP contribution in [0.1, 0.15) is 17.7 Å². The van der Waals surface area contributed by atoms with Crippen LogP contribution < -0.4 is 10.3 Å². The van der Waals surface area contributed by atoms with Gasteiger partial charge in [-0.1, -0.05) is 36.4 Å². The molecule has 3 aromatic rings. The highest BCUT2D eigenvalue weighted by atomic mass is 32.2. The fourth-order valence-corrected chi connectivity index (χ4v) is 4.85. The van der Waals surface area contributed by atoms with Crippen LogP contribution in [-0.2, 0) is 22.9 Å². The normalized spacial score (nSPS) is 17.4. The van der Waals surface area contributed by atoms with Gasteiger partial charge in [-0.25, -0.2) is 18.2 Å². The van der Waals surface area contributed by atoms with Gasteiger partial charge in [0.25, 0.3) is 5.56 Å². The van der Waals surface area contributed by atoms with Gasteiger partial charge in [0.2, 0.25) is 10.0 Å². The topological polar surface area (TPSA) is 91.9 Å². The number of nitrogens with one attached hydrogen (secondary N) is 2. The largest absolute Gasteiger partial charge is 0.268 e. The lowest BCUT2D eigenvalue weighted by molar-refractivity contribution is 0.500. The first-order chi connectivity index (χ1) is 12.0. The van der Waals surface area contributed by atoms with Crippen molar-refractivity contribution in [2.75, 3.05) is 0 Å². The summed E-state index contributed by atoms with van der Waals surface area (Å²) >= 11 is 0. The predicted molar refractivity (Wildman–Crippen MR) is 94.9 cm³/mol. The summed E-state index contributed by atoms with van der Waals surface area (Å²) in [6.45, 7) is 0. The smallest absolute Gasteiger partial charge is 0.264 e. The molecule has 4 rings (SSSR count). The van der Waals surface area contributed by atoms with Gasteiger partial charge in [0.15, 0.2) is 0 Å². The molecule has 0 bridgehead atoms. The molecule has 6 nitrogen and oxygen atoms in total. The number of benzene rings is 2. The van der Waals surface area contributed by atoms with E-state index in [-0.39, 0.29) is 16.5 Å². The molecule has 25 heavy (non-hydrogen) atoms. The van der Waals surface area contributed by atoms with Gasteiger partial charge in [-0.3, -0.25) is 4.79 Å². The van der Waals surface area contributed by atoms with Crippen LogP contribution in [0.25, 0.3) is 10.8 Å². The lowest BCUT2D eigenvalue weighted by Crippen LogP contribution is -2.39. The third-order valence-electron chi connectivity index (χ3n) is 4.53. The molecule has 0 saturated heterocycles. The minimum absolute atomic E-state index is 0.250. The van der Waals surface area contributed by atoms with Crippen molar-refractivity contribution in [3.63, 3.8) is 0 Å². The summed E-state index contributed by atoms with van der Waals surface area (Å²) < 4.78 is 28.6. The minimum Gasteiger partial charge on any atom is -0.268 e. The summed E-state index contributed by atoms with van der Waals surface area (Å²) in [5, 5.41) is 8.04. The highest BCUT2D eigenvalue weighted by molar-refractivity contribution is 7.89. The monoisotopic (exact) mass is 355 g/mol. The third kappa shape index (κ3) is 3.08. The van der Waals surface area contributed by atoms with Crippen LogP contribution in [-0.4, -0.2) is 24.7 Å². The Labute approximate surface area is 145 Å². The van der Waals surface area contributed by atoms with Crippen LogP contribution in [0.5, 0.6) is 0 Å². The summed E-state index contributed by atoms with van der Waals surface area (Å²) in [5.41, 5.74) is 1.37. The number of aromatic nitrogens is 2. The van der Waals surface area contributed by atoms with E-state index in [4.69, 9.17) is 0 Å². The molecule has 128 valence electrons.